The van der Waals surface area contributed by atoms with Crippen molar-refractivity contribution in [1.82, 2.24) is 9.88 Å². The third kappa shape index (κ3) is 8.18. The summed E-state index contributed by atoms with van der Waals surface area (Å²) < 4.78 is 43.7. The van der Waals surface area contributed by atoms with Crippen molar-refractivity contribution >= 4 is 27.3 Å². The van der Waals surface area contributed by atoms with Gasteiger partial charge in [0.25, 0.3) is 5.91 Å². The van der Waals surface area contributed by atoms with Gasteiger partial charge in [0.15, 0.2) is 5.75 Å². The number of aromatic nitrogens is 1. The molecule has 1 aliphatic rings. The summed E-state index contributed by atoms with van der Waals surface area (Å²) in [6.07, 6.45) is 2.78. The van der Waals surface area contributed by atoms with Gasteiger partial charge in [-0.2, -0.15) is 0 Å². The number of sulfonamides is 1. The molecule has 2 N–H and O–H groups in total. The van der Waals surface area contributed by atoms with E-state index in [1.165, 1.54) is 7.11 Å². The summed E-state index contributed by atoms with van der Waals surface area (Å²) in [6, 6.07) is 12.4. The largest absolute Gasteiger partial charge is 0.492 e. The minimum Gasteiger partial charge on any atom is -0.492 e. The van der Waals surface area contributed by atoms with Crippen LogP contribution in [0.5, 0.6) is 17.2 Å². The Balaban J connectivity index is 1.58. The fourth-order valence-electron chi connectivity index (χ4n) is 4.42. The molecule has 0 spiro atoms. The van der Waals surface area contributed by atoms with E-state index in [-0.39, 0.29) is 16.9 Å². The molecule has 2 heterocycles. The van der Waals surface area contributed by atoms with Gasteiger partial charge in [0.05, 0.1) is 43.6 Å². The van der Waals surface area contributed by atoms with Crippen LogP contribution in [-0.2, 0) is 26.7 Å². The highest BCUT2D eigenvalue weighted by Gasteiger charge is 2.23. The average Bonchev–Trinajstić information content (AvgIpc) is 2.89. The quantitative estimate of drug-likeness (QED) is 0.364. The molecule has 0 radical (unpaired) electrons. The number of nitrogens with zero attached hydrogens (tertiary/aromatic N) is 2. The molecule has 0 aliphatic carbocycles. The Bertz CT molecular complexity index is 1510. The van der Waals surface area contributed by atoms with Gasteiger partial charge in [-0.15, -0.1) is 0 Å². The summed E-state index contributed by atoms with van der Waals surface area (Å²) in [5, 5.41) is 2.90. The summed E-state index contributed by atoms with van der Waals surface area (Å²) in [6.45, 7) is 11.8. The Labute approximate surface area is 242 Å². The smallest absolute Gasteiger partial charge is 0.255 e. The Morgan fingerprint density at radius 3 is 2.44 bits per heavy atom. The fourth-order valence-corrected chi connectivity index (χ4v) is 4.97. The third-order valence-corrected chi connectivity index (χ3v) is 7.25. The standard InChI is InChI=1S/C30H38N4O6S/c1-20-7-8-21(15-27(20)40-24-9-10-31-23(18-24)19-34-11-13-39-14-12-34)29(35)32-25-16-22(30(2,3)4)17-26(28(25)38-5)33-41(6,36)37/h7-10,15-18,33H,11-14,19H2,1-6H3,(H,32,35). The molecule has 1 aliphatic heterocycles. The van der Waals surface area contributed by atoms with E-state index in [4.69, 9.17) is 14.2 Å². The maximum Gasteiger partial charge on any atom is 0.255 e. The van der Waals surface area contributed by atoms with Crippen molar-refractivity contribution in [2.24, 2.45) is 0 Å². The number of hydrogen-bond acceptors (Lipinski definition) is 8. The lowest BCUT2D eigenvalue weighted by Crippen LogP contribution is -2.35. The highest BCUT2D eigenvalue weighted by atomic mass is 32.2. The maximum absolute atomic E-state index is 13.4. The van der Waals surface area contributed by atoms with Gasteiger partial charge < -0.3 is 19.5 Å². The molecule has 220 valence electrons. The van der Waals surface area contributed by atoms with Crippen LogP contribution >= 0.6 is 0 Å². The summed E-state index contributed by atoms with van der Waals surface area (Å²) in [4.78, 5) is 20.2. The lowest BCUT2D eigenvalue weighted by Gasteiger charge is -2.26. The lowest BCUT2D eigenvalue weighted by atomic mass is 9.86. The second-order valence-electron chi connectivity index (χ2n) is 11.1. The SMILES string of the molecule is COc1c(NC(=O)c2ccc(C)c(Oc3ccnc(CN4CCOCC4)c3)c2)cc(C(C)(C)C)cc1NS(C)(=O)=O. The van der Waals surface area contributed by atoms with Crippen molar-refractivity contribution < 1.29 is 27.4 Å². The number of methoxy groups -OCH3 is 1. The van der Waals surface area contributed by atoms with Crippen LogP contribution in [-0.4, -0.2) is 63.9 Å². The second kappa shape index (κ2) is 12.5. The average molecular weight is 583 g/mol. The molecule has 0 atom stereocenters. The van der Waals surface area contributed by atoms with Gasteiger partial charge in [-0.05, 0) is 53.8 Å². The van der Waals surface area contributed by atoms with Crippen molar-refractivity contribution in [3.8, 4) is 17.2 Å². The Morgan fingerprint density at radius 1 is 1.07 bits per heavy atom. The van der Waals surface area contributed by atoms with Gasteiger partial charge in [0.2, 0.25) is 10.0 Å². The molecule has 1 saturated heterocycles. The summed E-state index contributed by atoms with van der Waals surface area (Å²) in [5.74, 6) is 0.980. The van der Waals surface area contributed by atoms with Crippen molar-refractivity contribution in [3.63, 3.8) is 0 Å². The van der Waals surface area contributed by atoms with Crippen LogP contribution in [0, 0.1) is 6.92 Å². The maximum atomic E-state index is 13.4. The number of morpholine rings is 1. The van der Waals surface area contributed by atoms with Crippen LogP contribution in [0.1, 0.15) is 48.0 Å². The number of nitrogens with one attached hydrogen (secondary N) is 2. The molecule has 3 aromatic rings. The topological polar surface area (TPSA) is 119 Å². The van der Waals surface area contributed by atoms with E-state index in [1.54, 1.807) is 36.5 Å². The first-order valence-electron chi connectivity index (χ1n) is 13.4. The van der Waals surface area contributed by atoms with E-state index in [1.807, 2.05) is 39.8 Å². The van der Waals surface area contributed by atoms with E-state index in [0.29, 0.717) is 42.5 Å². The van der Waals surface area contributed by atoms with Crippen molar-refractivity contribution in [1.29, 1.82) is 0 Å². The molecule has 10 nitrogen and oxygen atoms in total. The molecule has 4 rings (SSSR count). The Morgan fingerprint density at radius 2 is 1.78 bits per heavy atom. The number of aryl methyl sites for hydroxylation is 1. The molecule has 1 amide bonds. The molecule has 2 aromatic carbocycles. The Kier molecular flexibility index (Phi) is 9.21. The fraction of sp³-hybridized carbons (Fsp3) is 0.400. The number of anilines is 2. The highest BCUT2D eigenvalue weighted by Crippen LogP contribution is 2.39. The zero-order chi connectivity index (χ0) is 29.8. The van der Waals surface area contributed by atoms with Crippen LogP contribution in [0.4, 0.5) is 11.4 Å². The minimum atomic E-state index is -3.59. The first-order valence-corrected chi connectivity index (χ1v) is 15.3. The molecular weight excluding hydrogens is 544 g/mol. The number of pyridine rings is 1. The van der Waals surface area contributed by atoms with Crippen LogP contribution in [0.15, 0.2) is 48.7 Å². The van der Waals surface area contributed by atoms with Crippen molar-refractivity contribution in [2.75, 3.05) is 49.7 Å². The molecular formula is C30H38N4O6S. The van der Waals surface area contributed by atoms with E-state index in [0.717, 1.165) is 36.2 Å². The third-order valence-electron chi connectivity index (χ3n) is 6.66. The monoisotopic (exact) mass is 582 g/mol. The minimum absolute atomic E-state index is 0.213. The van der Waals surface area contributed by atoms with Crippen molar-refractivity contribution in [2.45, 2.75) is 39.7 Å². The van der Waals surface area contributed by atoms with Crippen LogP contribution < -0.4 is 19.5 Å². The van der Waals surface area contributed by atoms with Crippen LogP contribution in [0.25, 0.3) is 0 Å². The molecule has 11 heteroatoms. The molecule has 41 heavy (non-hydrogen) atoms. The number of benzene rings is 2. The first kappa shape index (κ1) is 30.3. The number of rotatable bonds is 9. The molecule has 0 unspecified atom stereocenters. The summed E-state index contributed by atoms with van der Waals surface area (Å²) in [5.41, 5.74) is 3.21. The molecule has 0 bridgehead atoms. The zero-order valence-electron chi connectivity index (χ0n) is 24.4. The van der Waals surface area contributed by atoms with Crippen molar-refractivity contribution in [3.05, 3.63) is 71.0 Å². The number of hydrogen-bond donors (Lipinski definition) is 2. The predicted octanol–water partition coefficient (Wildman–Crippen LogP) is 4.94. The van der Waals surface area contributed by atoms with Gasteiger partial charge in [-0.25, -0.2) is 8.42 Å². The van der Waals surface area contributed by atoms with Gasteiger partial charge in [-0.1, -0.05) is 26.8 Å². The van der Waals surface area contributed by atoms with Gasteiger partial charge in [-0.3, -0.25) is 19.4 Å². The molecule has 1 fully saturated rings. The van der Waals surface area contributed by atoms with Gasteiger partial charge in [0.1, 0.15) is 11.5 Å². The lowest BCUT2D eigenvalue weighted by molar-refractivity contribution is 0.0336. The molecule has 0 saturated carbocycles. The summed E-state index contributed by atoms with van der Waals surface area (Å²) >= 11 is 0. The number of amides is 1. The van der Waals surface area contributed by atoms with Gasteiger partial charge in [0, 0.05) is 37.5 Å². The normalized spacial score (nSPS) is 14.4. The van der Waals surface area contributed by atoms with E-state index in [2.05, 4.69) is 19.9 Å². The highest BCUT2D eigenvalue weighted by molar-refractivity contribution is 7.92. The first-order chi connectivity index (χ1) is 19.3. The van der Waals surface area contributed by atoms with Crippen LogP contribution in [0.3, 0.4) is 0 Å². The van der Waals surface area contributed by atoms with E-state index < -0.39 is 15.9 Å². The van der Waals surface area contributed by atoms with Gasteiger partial charge >= 0.3 is 0 Å². The Hall–Kier alpha value is -3.67. The predicted molar refractivity (Wildman–Crippen MR) is 160 cm³/mol. The second-order valence-corrected chi connectivity index (χ2v) is 12.9. The van der Waals surface area contributed by atoms with E-state index >= 15 is 0 Å². The number of carbonyl (C=O) groups is 1. The zero-order valence-corrected chi connectivity index (χ0v) is 25.2. The number of ether oxygens (including phenoxy) is 3. The van der Waals surface area contributed by atoms with E-state index in [9.17, 15) is 13.2 Å². The molecule has 1 aromatic heterocycles. The number of carbonyl (C=O) groups excluding carboxylic acids is 1. The van der Waals surface area contributed by atoms with Crippen LogP contribution in [0.2, 0.25) is 0 Å². The summed E-state index contributed by atoms with van der Waals surface area (Å²) in [7, 11) is -2.17.